The van der Waals surface area contributed by atoms with Crippen LogP contribution in [-0.4, -0.2) is 34.2 Å². The van der Waals surface area contributed by atoms with E-state index in [9.17, 15) is 26.4 Å². The number of carbonyl (C=O) groups is 1. The monoisotopic (exact) mass is 479 g/mol. The Hall–Kier alpha value is -2.91. The third-order valence-corrected chi connectivity index (χ3v) is 7.19. The van der Waals surface area contributed by atoms with Gasteiger partial charge in [0.2, 0.25) is 10.0 Å². The van der Waals surface area contributed by atoms with Crippen molar-refractivity contribution in [1.29, 1.82) is 0 Å². The van der Waals surface area contributed by atoms with Crippen molar-refractivity contribution in [3.05, 3.63) is 83.4 Å². The summed E-state index contributed by atoms with van der Waals surface area (Å²) in [5.74, 6) is -0.700. The summed E-state index contributed by atoms with van der Waals surface area (Å²) in [5.41, 5.74) is -0.0960. The van der Waals surface area contributed by atoms with Crippen molar-refractivity contribution >= 4 is 21.6 Å². The van der Waals surface area contributed by atoms with E-state index in [0.717, 1.165) is 17.7 Å². The zero-order valence-corrected chi connectivity index (χ0v) is 19.0. The first-order valence-corrected chi connectivity index (χ1v) is 11.7. The van der Waals surface area contributed by atoms with E-state index in [0.29, 0.717) is 11.1 Å². The van der Waals surface area contributed by atoms with E-state index in [4.69, 9.17) is 0 Å². The Morgan fingerprint density at radius 2 is 1.85 bits per heavy atom. The van der Waals surface area contributed by atoms with Gasteiger partial charge in [-0.1, -0.05) is 54.6 Å². The molecule has 1 atom stereocenters. The number of nitrogens with one attached hydrogen (secondary N) is 1. The SMILES string of the molecule is COC(=O)c1cc(S(=O)(=O)NCCC2(C(F)(F)F)C=CC(c3ccccc3)=CC2)ccc1C. The fourth-order valence-electron chi connectivity index (χ4n) is 3.65. The van der Waals surface area contributed by atoms with Crippen molar-refractivity contribution in [3.8, 4) is 0 Å². The number of sulfonamides is 1. The van der Waals surface area contributed by atoms with Gasteiger partial charge in [-0.15, -0.1) is 0 Å². The van der Waals surface area contributed by atoms with Crippen LogP contribution in [0.3, 0.4) is 0 Å². The van der Waals surface area contributed by atoms with Crippen molar-refractivity contribution in [1.82, 2.24) is 4.72 Å². The second-order valence-electron chi connectivity index (χ2n) is 7.83. The lowest BCUT2D eigenvalue weighted by Gasteiger charge is -2.34. The fourth-order valence-corrected chi connectivity index (χ4v) is 4.71. The quantitative estimate of drug-likeness (QED) is 0.565. The molecular formula is C24H24F3NO4S. The number of hydrogen-bond acceptors (Lipinski definition) is 4. The molecule has 0 fully saturated rings. The molecule has 1 N–H and O–H groups in total. The summed E-state index contributed by atoms with van der Waals surface area (Å²) in [6.45, 7) is 1.19. The van der Waals surface area contributed by atoms with Crippen LogP contribution in [0.4, 0.5) is 13.2 Å². The highest BCUT2D eigenvalue weighted by Crippen LogP contribution is 2.48. The summed E-state index contributed by atoms with van der Waals surface area (Å²) in [7, 11) is -2.96. The van der Waals surface area contributed by atoms with Crippen molar-refractivity contribution in [2.75, 3.05) is 13.7 Å². The van der Waals surface area contributed by atoms with Crippen LogP contribution in [0.2, 0.25) is 0 Å². The lowest BCUT2D eigenvalue weighted by atomic mass is 9.76. The number of methoxy groups -OCH3 is 1. The average Bonchev–Trinajstić information content (AvgIpc) is 2.79. The molecule has 0 aliphatic heterocycles. The summed E-state index contributed by atoms with van der Waals surface area (Å²) < 4.78 is 74.2. The summed E-state index contributed by atoms with van der Waals surface area (Å²) >= 11 is 0. The van der Waals surface area contributed by atoms with Crippen LogP contribution in [0.25, 0.3) is 5.57 Å². The Bertz CT molecular complexity index is 1190. The van der Waals surface area contributed by atoms with Crippen LogP contribution >= 0.6 is 0 Å². The molecule has 2 aromatic carbocycles. The summed E-state index contributed by atoms with van der Waals surface area (Å²) in [6.07, 6.45) is -1.25. The van der Waals surface area contributed by atoms with Crippen LogP contribution in [0.1, 0.15) is 34.3 Å². The van der Waals surface area contributed by atoms with Gasteiger partial charge in [-0.05, 0) is 48.6 Å². The van der Waals surface area contributed by atoms with E-state index in [1.165, 1.54) is 31.4 Å². The third kappa shape index (κ3) is 5.36. The largest absolute Gasteiger partial charge is 0.465 e. The summed E-state index contributed by atoms with van der Waals surface area (Å²) in [6, 6.07) is 13.0. The van der Waals surface area contributed by atoms with Gasteiger partial charge in [-0.2, -0.15) is 13.2 Å². The molecule has 0 saturated carbocycles. The Labute approximate surface area is 191 Å². The predicted molar refractivity (Wildman–Crippen MR) is 119 cm³/mol. The summed E-state index contributed by atoms with van der Waals surface area (Å²) in [4.78, 5) is 11.6. The molecule has 1 aliphatic carbocycles. The number of rotatable bonds is 7. The maximum Gasteiger partial charge on any atom is 0.398 e. The van der Waals surface area contributed by atoms with Gasteiger partial charge in [0, 0.05) is 6.54 Å². The van der Waals surface area contributed by atoms with Gasteiger partial charge in [-0.3, -0.25) is 0 Å². The smallest absolute Gasteiger partial charge is 0.398 e. The van der Waals surface area contributed by atoms with E-state index in [2.05, 4.69) is 9.46 Å². The highest BCUT2D eigenvalue weighted by atomic mass is 32.2. The maximum atomic E-state index is 14.0. The molecule has 176 valence electrons. The second kappa shape index (κ2) is 9.52. The molecule has 0 saturated heterocycles. The number of esters is 1. The minimum atomic E-state index is -4.56. The first-order valence-electron chi connectivity index (χ1n) is 10.2. The zero-order chi connectivity index (χ0) is 24.3. The molecule has 1 aliphatic rings. The second-order valence-corrected chi connectivity index (χ2v) is 9.60. The van der Waals surface area contributed by atoms with Crippen molar-refractivity contribution in [3.63, 3.8) is 0 Å². The fraction of sp³-hybridized carbons (Fsp3) is 0.292. The van der Waals surface area contributed by atoms with E-state index in [1.807, 2.05) is 18.2 Å². The topological polar surface area (TPSA) is 72.5 Å². The van der Waals surface area contributed by atoms with Gasteiger partial charge >= 0.3 is 12.1 Å². The lowest BCUT2D eigenvalue weighted by molar-refractivity contribution is -0.206. The van der Waals surface area contributed by atoms with Crippen LogP contribution < -0.4 is 4.72 Å². The molecule has 5 nitrogen and oxygen atoms in total. The Morgan fingerprint density at radius 3 is 2.42 bits per heavy atom. The van der Waals surface area contributed by atoms with Gasteiger partial charge < -0.3 is 4.74 Å². The van der Waals surface area contributed by atoms with Gasteiger partial charge in [0.05, 0.1) is 23.0 Å². The molecule has 0 bridgehead atoms. The van der Waals surface area contributed by atoms with Crippen LogP contribution in [0.5, 0.6) is 0 Å². The lowest BCUT2D eigenvalue weighted by Crippen LogP contribution is -2.40. The van der Waals surface area contributed by atoms with Crippen LogP contribution in [-0.2, 0) is 14.8 Å². The minimum absolute atomic E-state index is 0.0703. The normalized spacial score (nSPS) is 18.6. The number of aryl methyl sites for hydroxylation is 1. The molecule has 2 aromatic rings. The molecule has 0 amide bonds. The number of alkyl halides is 3. The van der Waals surface area contributed by atoms with Gasteiger partial charge in [0.15, 0.2) is 0 Å². The molecule has 3 rings (SSSR count). The van der Waals surface area contributed by atoms with E-state index in [-0.39, 0.29) is 16.9 Å². The van der Waals surface area contributed by atoms with E-state index >= 15 is 0 Å². The highest BCUT2D eigenvalue weighted by molar-refractivity contribution is 7.89. The van der Waals surface area contributed by atoms with Crippen molar-refractivity contribution in [2.45, 2.75) is 30.8 Å². The zero-order valence-electron chi connectivity index (χ0n) is 18.1. The average molecular weight is 480 g/mol. The van der Waals surface area contributed by atoms with Gasteiger partial charge in [0.25, 0.3) is 0 Å². The first-order chi connectivity index (χ1) is 15.5. The molecule has 0 heterocycles. The minimum Gasteiger partial charge on any atom is -0.465 e. The van der Waals surface area contributed by atoms with Crippen molar-refractivity contribution < 1.29 is 31.1 Å². The molecule has 0 spiro atoms. The number of benzene rings is 2. The highest BCUT2D eigenvalue weighted by Gasteiger charge is 2.52. The van der Waals surface area contributed by atoms with Crippen LogP contribution in [0.15, 0.2) is 71.7 Å². The predicted octanol–water partition coefficient (Wildman–Crippen LogP) is 5.04. The molecule has 1 unspecified atom stereocenters. The molecule has 0 radical (unpaired) electrons. The Morgan fingerprint density at radius 1 is 1.15 bits per heavy atom. The maximum absolute atomic E-state index is 14.0. The molecular weight excluding hydrogens is 455 g/mol. The summed E-state index contributed by atoms with van der Waals surface area (Å²) in [5, 5.41) is 0. The number of hydrogen-bond donors (Lipinski definition) is 1. The Kier molecular flexibility index (Phi) is 7.14. The van der Waals surface area contributed by atoms with Crippen LogP contribution in [0, 0.1) is 12.3 Å². The van der Waals surface area contributed by atoms with Crippen molar-refractivity contribution in [2.24, 2.45) is 5.41 Å². The molecule has 9 heteroatoms. The van der Waals surface area contributed by atoms with Gasteiger partial charge in [0.1, 0.15) is 0 Å². The number of halogens is 3. The van der Waals surface area contributed by atoms with E-state index in [1.54, 1.807) is 19.1 Å². The molecule has 33 heavy (non-hydrogen) atoms. The number of allylic oxidation sites excluding steroid dienone is 4. The standard InChI is InChI=1S/C24H24F3NO4S/c1-17-8-9-20(16-21(17)22(29)32-2)33(30,31)28-15-14-23(24(25,26)27)12-10-19(11-13-23)18-6-4-3-5-7-18/h3-12,16,28H,13-15H2,1-2H3. The van der Waals surface area contributed by atoms with Gasteiger partial charge in [-0.25, -0.2) is 17.9 Å². The third-order valence-electron chi connectivity index (χ3n) is 5.73. The van der Waals surface area contributed by atoms with E-state index < -0.39 is 40.5 Å². The first kappa shape index (κ1) is 24.7. The molecule has 0 aromatic heterocycles. The number of carbonyl (C=O) groups excluding carboxylic acids is 1. The Balaban J connectivity index is 1.75. The number of ether oxygens (including phenoxy) is 1.